The van der Waals surface area contributed by atoms with Gasteiger partial charge in [0.2, 0.25) is 5.82 Å². The van der Waals surface area contributed by atoms with Crippen LogP contribution in [0, 0.1) is 15.9 Å². The molecule has 0 amide bonds. The number of ether oxygens (including phenoxy) is 1. The number of nitro benzene ring substituents is 1. The van der Waals surface area contributed by atoms with Gasteiger partial charge in [0.25, 0.3) is 0 Å². The number of alkyl halides is 2. The molecule has 0 bridgehead atoms. The monoisotopic (exact) mass is 251 g/mol. The molecule has 0 saturated carbocycles. The van der Waals surface area contributed by atoms with Crippen molar-refractivity contribution in [2.45, 2.75) is 6.61 Å². The summed E-state index contributed by atoms with van der Waals surface area (Å²) in [5.41, 5.74) is -2.07. The van der Waals surface area contributed by atoms with Gasteiger partial charge in [-0.05, 0) is 6.07 Å². The molecule has 0 aliphatic rings. The van der Waals surface area contributed by atoms with Crippen molar-refractivity contribution >= 4 is 11.7 Å². The van der Waals surface area contributed by atoms with Crippen molar-refractivity contribution in [1.29, 1.82) is 0 Å². The summed E-state index contributed by atoms with van der Waals surface area (Å²) >= 11 is 0. The van der Waals surface area contributed by atoms with E-state index in [1.807, 2.05) is 0 Å². The summed E-state index contributed by atoms with van der Waals surface area (Å²) in [6.45, 7) is -3.50. The number of nitrogens with zero attached hydrogens (tertiary/aromatic N) is 1. The molecule has 0 atom stereocenters. The highest BCUT2D eigenvalue weighted by atomic mass is 19.3. The van der Waals surface area contributed by atoms with Crippen molar-refractivity contribution in [3.8, 4) is 5.75 Å². The number of nitro groups is 1. The van der Waals surface area contributed by atoms with Crippen molar-refractivity contribution in [3.05, 3.63) is 33.6 Å². The van der Waals surface area contributed by atoms with Crippen LogP contribution in [0.1, 0.15) is 10.4 Å². The summed E-state index contributed by atoms with van der Waals surface area (Å²) in [5.74, 6) is -4.86. The first-order valence-electron chi connectivity index (χ1n) is 3.99. The number of carboxylic acids is 1. The van der Waals surface area contributed by atoms with Crippen molar-refractivity contribution < 1.29 is 32.7 Å². The zero-order chi connectivity index (χ0) is 13.2. The van der Waals surface area contributed by atoms with Gasteiger partial charge < -0.3 is 9.84 Å². The zero-order valence-electron chi connectivity index (χ0n) is 7.89. The minimum Gasteiger partial charge on any atom is -0.478 e. The van der Waals surface area contributed by atoms with Crippen LogP contribution in [0.3, 0.4) is 0 Å². The molecule has 0 fully saturated rings. The highest BCUT2D eigenvalue weighted by molar-refractivity contribution is 5.91. The van der Waals surface area contributed by atoms with Crippen LogP contribution in [0.25, 0.3) is 0 Å². The Morgan fingerprint density at radius 1 is 1.47 bits per heavy atom. The Labute approximate surface area is 91.4 Å². The second-order valence-electron chi connectivity index (χ2n) is 2.72. The first-order chi connectivity index (χ1) is 7.84. The molecule has 92 valence electrons. The molecule has 1 aromatic carbocycles. The standard InChI is InChI=1S/C8H4F3NO5/c9-5-4(12(15)16)2-1-3(7(13)14)6(5)17-8(10)11/h1-2,8H,(H,13,14). The molecule has 9 heteroatoms. The lowest BCUT2D eigenvalue weighted by atomic mass is 10.1. The number of hydrogen-bond acceptors (Lipinski definition) is 4. The number of carbonyl (C=O) groups is 1. The second kappa shape index (κ2) is 4.68. The summed E-state index contributed by atoms with van der Waals surface area (Å²) in [6.07, 6.45) is 0. The molecule has 0 aromatic heterocycles. The Kier molecular flexibility index (Phi) is 3.51. The zero-order valence-corrected chi connectivity index (χ0v) is 7.89. The maximum atomic E-state index is 13.3. The van der Waals surface area contributed by atoms with E-state index in [0.29, 0.717) is 12.1 Å². The fraction of sp³-hybridized carbons (Fsp3) is 0.125. The Bertz CT molecular complexity index is 476. The van der Waals surface area contributed by atoms with Crippen molar-refractivity contribution in [3.63, 3.8) is 0 Å². The highest BCUT2D eigenvalue weighted by Crippen LogP contribution is 2.31. The Morgan fingerprint density at radius 2 is 2.06 bits per heavy atom. The number of benzene rings is 1. The van der Waals surface area contributed by atoms with E-state index in [9.17, 15) is 28.1 Å². The lowest BCUT2D eigenvalue weighted by Crippen LogP contribution is -2.10. The largest absolute Gasteiger partial charge is 0.478 e. The van der Waals surface area contributed by atoms with Crippen LogP contribution in [-0.2, 0) is 0 Å². The van der Waals surface area contributed by atoms with Crippen LogP contribution in [0.15, 0.2) is 12.1 Å². The number of aromatic carboxylic acids is 1. The molecule has 6 nitrogen and oxygen atoms in total. The van der Waals surface area contributed by atoms with Crippen molar-refractivity contribution in [2.75, 3.05) is 0 Å². The van der Waals surface area contributed by atoms with Crippen LogP contribution in [0.5, 0.6) is 5.75 Å². The molecule has 0 unspecified atom stereocenters. The molecule has 0 heterocycles. The molecule has 17 heavy (non-hydrogen) atoms. The topological polar surface area (TPSA) is 89.7 Å². The van der Waals surface area contributed by atoms with Gasteiger partial charge in [0, 0.05) is 6.07 Å². The van der Waals surface area contributed by atoms with E-state index in [0.717, 1.165) is 0 Å². The predicted octanol–water partition coefficient (Wildman–Crippen LogP) is 2.03. The summed E-state index contributed by atoms with van der Waals surface area (Å²) in [7, 11) is 0. The molecule has 0 spiro atoms. The fourth-order valence-corrected chi connectivity index (χ4v) is 1.06. The minimum atomic E-state index is -3.50. The summed E-state index contributed by atoms with van der Waals surface area (Å²) < 4.78 is 40.8. The first kappa shape index (κ1) is 12.7. The number of hydrogen-bond donors (Lipinski definition) is 1. The van der Waals surface area contributed by atoms with Gasteiger partial charge in [-0.3, -0.25) is 10.1 Å². The summed E-state index contributed by atoms with van der Waals surface area (Å²) in [4.78, 5) is 19.7. The Morgan fingerprint density at radius 3 is 2.47 bits per heavy atom. The quantitative estimate of drug-likeness (QED) is 0.653. The number of halogens is 3. The summed E-state index contributed by atoms with van der Waals surface area (Å²) in [5, 5.41) is 18.9. The average Bonchev–Trinajstić information content (AvgIpc) is 2.19. The van der Waals surface area contributed by atoms with Crippen LogP contribution >= 0.6 is 0 Å². The molecular formula is C8H4F3NO5. The van der Waals surface area contributed by atoms with Crippen LogP contribution in [0.4, 0.5) is 18.9 Å². The first-order valence-corrected chi connectivity index (χ1v) is 3.99. The van der Waals surface area contributed by atoms with Gasteiger partial charge in [-0.15, -0.1) is 0 Å². The lowest BCUT2D eigenvalue weighted by molar-refractivity contribution is -0.387. The number of rotatable bonds is 4. The molecular weight excluding hydrogens is 247 g/mol. The van der Waals surface area contributed by atoms with Gasteiger partial charge >= 0.3 is 18.3 Å². The maximum absolute atomic E-state index is 13.3. The SMILES string of the molecule is O=C(O)c1ccc([N+](=O)[O-])c(F)c1OC(F)F. The molecule has 0 aliphatic carbocycles. The van der Waals surface area contributed by atoms with E-state index in [1.54, 1.807) is 0 Å². The lowest BCUT2D eigenvalue weighted by Gasteiger charge is -2.08. The van der Waals surface area contributed by atoms with E-state index >= 15 is 0 Å². The molecule has 0 aliphatic heterocycles. The summed E-state index contributed by atoms with van der Waals surface area (Å²) in [6, 6.07) is 1.17. The molecule has 1 N–H and O–H groups in total. The number of carboxylic acid groups (broad SMARTS) is 1. The Balaban J connectivity index is 3.41. The smallest absolute Gasteiger partial charge is 0.387 e. The van der Waals surface area contributed by atoms with Crippen molar-refractivity contribution in [1.82, 2.24) is 0 Å². The van der Waals surface area contributed by atoms with Gasteiger partial charge in [-0.1, -0.05) is 0 Å². The average molecular weight is 251 g/mol. The van der Waals surface area contributed by atoms with E-state index < -0.39 is 40.3 Å². The van der Waals surface area contributed by atoms with Gasteiger partial charge in [0.15, 0.2) is 5.75 Å². The van der Waals surface area contributed by atoms with Gasteiger partial charge in [-0.25, -0.2) is 4.79 Å². The highest BCUT2D eigenvalue weighted by Gasteiger charge is 2.27. The molecule has 0 radical (unpaired) electrons. The van der Waals surface area contributed by atoms with E-state index in [2.05, 4.69) is 4.74 Å². The van der Waals surface area contributed by atoms with Gasteiger partial charge in [0.1, 0.15) is 5.56 Å². The third kappa shape index (κ3) is 2.62. The third-order valence-electron chi connectivity index (χ3n) is 1.71. The molecule has 0 saturated heterocycles. The van der Waals surface area contributed by atoms with Crippen LogP contribution in [0.2, 0.25) is 0 Å². The van der Waals surface area contributed by atoms with Crippen LogP contribution in [-0.4, -0.2) is 22.6 Å². The van der Waals surface area contributed by atoms with E-state index in [4.69, 9.17) is 5.11 Å². The normalized spacial score (nSPS) is 10.4. The molecule has 1 aromatic rings. The molecule has 1 rings (SSSR count). The Hall–Kier alpha value is -2.32. The second-order valence-corrected chi connectivity index (χ2v) is 2.72. The third-order valence-corrected chi connectivity index (χ3v) is 1.71. The van der Waals surface area contributed by atoms with Gasteiger partial charge in [-0.2, -0.15) is 13.2 Å². The van der Waals surface area contributed by atoms with Crippen molar-refractivity contribution in [2.24, 2.45) is 0 Å². The minimum absolute atomic E-state index is 0.553. The van der Waals surface area contributed by atoms with Gasteiger partial charge in [0.05, 0.1) is 4.92 Å². The van der Waals surface area contributed by atoms with Crippen LogP contribution < -0.4 is 4.74 Å². The predicted molar refractivity (Wildman–Crippen MR) is 46.6 cm³/mol. The fourth-order valence-electron chi connectivity index (χ4n) is 1.06. The van der Waals surface area contributed by atoms with E-state index in [1.165, 1.54) is 0 Å². The maximum Gasteiger partial charge on any atom is 0.387 e. The van der Waals surface area contributed by atoms with E-state index in [-0.39, 0.29) is 0 Å².